The molecule has 4 N–H and O–H groups in total. The summed E-state index contributed by atoms with van der Waals surface area (Å²) in [6.45, 7) is 1.50. The average molecular weight is 385 g/mol. The molecule has 1 aromatic carbocycles. The zero-order valence-electron chi connectivity index (χ0n) is 14.9. The van der Waals surface area contributed by atoms with E-state index in [9.17, 15) is 14.7 Å². The lowest BCUT2D eigenvalue weighted by molar-refractivity contribution is -0.121. The molecule has 0 bridgehead atoms. The highest BCUT2D eigenvalue weighted by Gasteiger charge is 2.24. The number of hydrogen-bond acceptors (Lipinski definition) is 5. The van der Waals surface area contributed by atoms with Gasteiger partial charge in [0.1, 0.15) is 0 Å². The summed E-state index contributed by atoms with van der Waals surface area (Å²) >= 11 is 1.59. The highest BCUT2D eigenvalue weighted by atomic mass is 32.1. The summed E-state index contributed by atoms with van der Waals surface area (Å²) in [6, 6.07) is 11.4. The van der Waals surface area contributed by atoms with Crippen LogP contribution in [0.15, 0.2) is 48.0 Å². The van der Waals surface area contributed by atoms with E-state index in [0.717, 1.165) is 42.8 Å². The minimum atomic E-state index is -0.666. The van der Waals surface area contributed by atoms with Crippen LogP contribution in [0.4, 0.5) is 5.69 Å². The fourth-order valence-electron chi connectivity index (χ4n) is 3.36. The Hall–Kier alpha value is -2.80. The fourth-order valence-corrected chi connectivity index (χ4v) is 4.06. The molecule has 1 aliphatic rings. The number of rotatable bonds is 6. The zero-order chi connectivity index (χ0) is 19.2. The SMILES string of the molecule is NC(=O)/C(=C\O)c1ccccc1N1CCC(NC(=O)Cc2cccs2)CC1. The molecule has 142 valence electrons. The molecule has 0 spiro atoms. The van der Waals surface area contributed by atoms with E-state index in [-0.39, 0.29) is 17.5 Å². The van der Waals surface area contributed by atoms with Crippen molar-refractivity contribution in [1.82, 2.24) is 5.32 Å². The van der Waals surface area contributed by atoms with Gasteiger partial charge in [0.15, 0.2) is 0 Å². The molecule has 1 aromatic heterocycles. The van der Waals surface area contributed by atoms with Gasteiger partial charge < -0.3 is 21.1 Å². The average Bonchev–Trinajstić information content (AvgIpc) is 3.16. The molecule has 0 atom stereocenters. The third-order valence-electron chi connectivity index (χ3n) is 4.70. The number of anilines is 1. The largest absolute Gasteiger partial charge is 0.515 e. The normalized spacial score (nSPS) is 15.6. The van der Waals surface area contributed by atoms with E-state index in [1.807, 2.05) is 35.7 Å². The summed E-state index contributed by atoms with van der Waals surface area (Å²) in [5.74, 6) is -0.615. The minimum Gasteiger partial charge on any atom is -0.515 e. The van der Waals surface area contributed by atoms with Crippen molar-refractivity contribution < 1.29 is 14.7 Å². The lowest BCUT2D eigenvalue weighted by atomic mass is 9.99. The summed E-state index contributed by atoms with van der Waals surface area (Å²) in [7, 11) is 0. The van der Waals surface area contributed by atoms with Gasteiger partial charge in [0.25, 0.3) is 5.91 Å². The van der Waals surface area contributed by atoms with Crippen molar-refractivity contribution in [1.29, 1.82) is 0 Å². The van der Waals surface area contributed by atoms with Crippen LogP contribution in [0.25, 0.3) is 5.57 Å². The van der Waals surface area contributed by atoms with E-state index in [4.69, 9.17) is 5.73 Å². The summed E-state index contributed by atoms with van der Waals surface area (Å²) in [5.41, 5.74) is 6.95. The molecule has 7 heteroatoms. The Kier molecular flexibility index (Phi) is 6.13. The summed E-state index contributed by atoms with van der Waals surface area (Å²) in [4.78, 5) is 27.0. The van der Waals surface area contributed by atoms with Crippen molar-refractivity contribution in [2.45, 2.75) is 25.3 Å². The van der Waals surface area contributed by atoms with Gasteiger partial charge in [-0.2, -0.15) is 0 Å². The molecule has 0 saturated carbocycles. The molecule has 2 amide bonds. The van der Waals surface area contributed by atoms with E-state index in [1.54, 1.807) is 17.4 Å². The van der Waals surface area contributed by atoms with Gasteiger partial charge in [-0.25, -0.2) is 0 Å². The topological polar surface area (TPSA) is 95.7 Å². The highest BCUT2D eigenvalue weighted by molar-refractivity contribution is 7.10. The van der Waals surface area contributed by atoms with Gasteiger partial charge in [0, 0.05) is 35.3 Å². The van der Waals surface area contributed by atoms with Crippen molar-refractivity contribution >= 4 is 34.4 Å². The molecule has 2 aromatic rings. The molecule has 1 saturated heterocycles. The van der Waals surface area contributed by atoms with Crippen LogP contribution < -0.4 is 16.0 Å². The van der Waals surface area contributed by atoms with Crippen LogP contribution in [-0.4, -0.2) is 36.1 Å². The van der Waals surface area contributed by atoms with E-state index in [1.165, 1.54) is 0 Å². The van der Waals surface area contributed by atoms with Crippen LogP contribution in [0.2, 0.25) is 0 Å². The second-order valence-corrected chi connectivity index (χ2v) is 7.54. The van der Waals surface area contributed by atoms with Crippen LogP contribution in [0.1, 0.15) is 23.3 Å². The van der Waals surface area contributed by atoms with Gasteiger partial charge in [-0.05, 0) is 30.4 Å². The van der Waals surface area contributed by atoms with Crippen molar-refractivity contribution in [2.24, 2.45) is 5.73 Å². The number of carbonyl (C=O) groups excluding carboxylic acids is 2. The number of primary amides is 1. The monoisotopic (exact) mass is 385 g/mol. The Labute approximate surface area is 162 Å². The molecule has 0 radical (unpaired) electrons. The van der Waals surface area contributed by atoms with Gasteiger partial charge in [-0.1, -0.05) is 24.3 Å². The molecule has 2 heterocycles. The quantitative estimate of drug-likeness (QED) is 0.526. The maximum atomic E-state index is 12.2. The lowest BCUT2D eigenvalue weighted by Crippen LogP contribution is -2.45. The van der Waals surface area contributed by atoms with Crippen LogP contribution in [-0.2, 0) is 16.0 Å². The van der Waals surface area contributed by atoms with E-state index < -0.39 is 5.91 Å². The molecule has 27 heavy (non-hydrogen) atoms. The maximum absolute atomic E-state index is 12.2. The van der Waals surface area contributed by atoms with E-state index >= 15 is 0 Å². The molecule has 0 unspecified atom stereocenters. The number of aliphatic hydroxyl groups excluding tert-OH is 1. The van der Waals surface area contributed by atoms with Gasteiger partial charge >= 0.3 is 0 Å². The number of benzene rings is 1. The molecular weight excluding hydrogens is 362 g/mol. The molecule has 0 aliphatic carbocycles. The van der Waals surface area contributed by atoms with Crippen molar-refractivity contribution in [2.75, 3.05) is 18.0 Å². The first-order chi connectivity index (χ1) is 13.1. The fraction of sp³-hybridized carbons (Fsp3) is 0.300. The van der Waals surface area contributed by atoms with Crippen LogP contribution >= 0.6 is 11.3 Å². The minimum absolute atomic E-state index is 0.0514. The van der Waals surface area contributed by atoms with Crippen LogP contribution in [0.5, 0.6) is 0 Å². The first kappa shape index (κ1) is 19.0. The number of para-hydroxylation sites is 1. The molecular formula is C20H23N3O3S. The molecule has 3 rings (SSSR count). The number of hydrogen-bond donors (Lipinski definition) is 3. The number of nitrogens with two attached hydrogens (primary N) is 1. The zero-order valence-corrected chi connectivity index (χ0v) is 15.7. The summed E-state index contributed by atoms with van der Waals surface area (Å²) in [6.07, 6.45) is 2.82. The Bertz CT molecular complexity index is 825. The first-order valence-electron chi connectivity index (χ1n) is 8.88. The molecule has 6 nitrogen and oxygen atoms in total. The van der Waals surface area contributed by atoms with Gasteiger partial charge in [0.05, 0.1) is 18.3 Å². The smallest absolute Gasteiger partial charge is 0.252 e. The number of nitrogens with zero attached hydrogens (tertiary/aromatic N) is 1. The number of carbonyl (C=O) groups is 2. The Morgan fingerprint density at radius 1 is 1.22 bits per heavy atom. The van der Waals surface area contributed by atoms with Crippen molar-refractivity contribution in [3.8, 4) is 0 Å². The predicted octanol–water partition coefficient (Wildman–Crippen LogP) is 2.46. The highest BCUT2D eigenvalue weighted by Crippen LogP contribution is 2.29. The number of amides is 2. The Morgan fingerprint density at radius 3 is 2.59 bits per heavy atom. The molecule has 1 aliphatic heterocycles. The molecule has 1 fully saturated rings. The third kappa shape index (κ3) is 4.68. The van der Waals surface area contributed by atoms with Gasteiger partial charge in [-0.3, -0.25) is 9.59 Å². The number of aliphatic hydroxyl groups is 1. The van der Waals surface area contributed by atoms with E-state index in [0.29, 0.717) is 12.0 Å². The van der Waals surface area contributed by atoms with E-state index in [2.05, 4.69) is 10.2 Å². The van der Waals surface area contributed by atoms with Crippen molar-refractivity contribution in [3.05, 3.63) is 58.5 Å². The standard InChI is InChI=1S/C20H23N3O3S/c21-20(26)17(13-24)16-5-1-2-6-18(16)23-9-7-14(8-10-23)22-19(25)12-15-4-3-11-27-15/h1-6,11,13-14,24H,7-10,12H2,(H2,21,26)(H,22,25)/b17-13-. The summed E-state index contributed by atoms with van der Waals surface area (Å²) < 4.78 is 0. The van der Waals surface area contributed by atoms with Gasteiger partial charge in [0.2, 0.25) is 5.91 Å². The van der Waals surface area contributed by atoms with Crippen LogP contribution in [0.3, 0.4) is 0 Å². The number of piperidine rings is 1. The lowest BCUT2D eigenvalue weighted by Gasteiger charge is -2.35. The maximum Gasteiger partial charge on any atom is 0.252 e. The van der Waals surface area contributed by atoms with Crippen molar-refractivity contribution in [3.63, 3.8) is 0 Å². The Morgan fingerprint density at radius 2 is 1.96 bits per heavy atom. The Balaban J connectivity index is 1.61. The predicted molar refractivity (Wildman–Crippen MR) is 108 cm³/mol. The number of nitrogens with one attached hydrogen (secondary N) is 1. The second-order valence-electron chi connectivity index (χ2n) is 6.51. The second kappa shape index (κ2) is 8.73. The van der Waals surface area contributed by atoms with Crippen LogP contribution in [0, 0.1) is 0 Å². The number of thiophene rings is 1. The summed E-state index contributed by atoms with van der Waals surface area (Å²) in [5, 5.41) is 14.5. The first-order valence-corrected chi connectivity index (χ1v) is 9.76. The van der Waals surface area contributed by atoms with Gasteiger partial charge in [-0.15, -0.1) is 11.3 Å². The third-order valence-corrected chi connectivity index (χ3v) is 5.58.